The van der Waals surface area contributed by atoms with Gasteiger partial charge in [0.2, 0.25) is 0 Å². The Bertz CT molecular complexity index is 645. The van der Waals surface area contributed by atoms with Crippen LogP contribution in [0.5, 0.6) is 0 Å². The minimum atomic E-state index is -1.04. The topological polar surface area (TPSA) is 83.6 Å². The third-order valence-corrected chi connectivity index (χ3v) is 3.55. The molecule has 7 nitrogen and oxygen atoms in total. The molecule has 3 heterocycles. The molecule has 0 unspecified atom stereocenters. The van der Waals surface area contributed by atoms with Gasteiger partial charge in [0.25, 0.3) is 5.78 Å². The molecular weight excluding hydrogens is 258 g/mol. The fraction of sp³-hybridized carbons (Fsp3) is 0.538. The Hall–Kier alpha value is -2.18. The summed E-state index contributed by atoms with van der Waals surface area (Å²) in [4.78, 5) is 21.7. The van der Waals surface area contributed by atoms with E-state index in [1.165, 1.54) is 6.42 Å². The second kappa shape index (κ2) is 5.07. The number of carbonyl (C=O) groups is 1. The molecule has 1 fully saturated rings. The highest BCUT2D eigenvalue weighted by atomic mass is 16.4. The van der Waals surface area contributed by atoms with Gasteiger partial charge in [-0.3, -0.25) is 0 Å². The molecule has 0 amide bonds. The van der Waals surface area contributed by atoms with Gasteiger partial charge in [0.15, 0.2) is 11.5 Å². The van der Waals surface area contributed by atoms with Crippen LogP contribution in [0.1, 0.15) is 42.5 Å². The molecule has 0 bridgehead atoms. The molecule has 3 rings (SSSR count). The smallest absolute Gasteiger partial charge is 0.354 e. The molecule has 0 radical (unpaired) electrons. The molecular formula is C13H17N5O2. The molecule has 2 aromatic rings. The first-order chi connectivity index (χ1) is 9.69. The normalized spacial score (nSPS) is 15.8. The lowest BCUT2D eigenvalue weighted by atomic mass is 10.1. The van der Waals surface area contributed by atoms with Crippen LogP contribution in [-0.4, -0.2) is 43.7 Å². The summed E-state index contributed by atoms with van der Waals surface area (Å²) < 4.78 is 1.66. The van der Waals surface area contributed by atoms with Gasteiger partial charge >= 0.3 is 5.97 Å². The van der Waals surface area contributed by atoms with E-state index in [1.807, 2.05) is 6.92 Å². The number of hydrogen-bond donors (Lipinski definition) is 1. The zero-order valence-electron chi connectivity index (χ0n) is 11.4. The van der Waals surface area contributed by atoms with Crippen LogP contribution in [0.4, 0.5) is 5.82 Å². The van der Waals surface area contributed by atoms with Gasteiger partial charge in [-0.1, -0.05) is 6.92 Å². The van der Waals surface area contributed by atoms with Crippen molar-refractivity contribution in [1.29, 1.82) is 0 Å². The zero-order chi connectivity index (χ0) is 14.1. The van der Waals surface area contributed by atoms with Crippen LogP contribution >= 0.6 is 0 Å². The van der Waals surface area contributed by atoms with Gasteiger partial charge < -0.3 is 10.0 Å². The molecule has 1 N–H and O–H groups in total. The van der Waals surface area contributed by atoms with Crippen molar-refractivity contribution in [3.8, 4) is 0 Å². The average molecular weight is 275 g/mol. The number of fused-ring (bicyclic) bond motifs is 1. The molecule has 0 spiro atoms. The molecule has 1 aliphatic heterocycles. The first-order valence-corrected chi connectivity index (χ1v) is 6.94. The van der Waals surface area contributed by atoms with Crippen LogP contribution in [-0.2, 0) is 6.42 Å². The minimum absolute atomic E-state index is 0.0214. The lowest BCUT2D eigenvalue weighted by Gasteiger charge is -2.28. The third-order valence-electron chi connectivity index (χ3n) is 3.55. The Morgan fingerprint density at radius 1 is 1.30 bits per heavy atom. The molecule has 1 aliphatic rings. The number of aryl methyl sites for hydroxylation is 1. The fourth-order valence-corrected chi connectivity index (χ4v) is 2.50. The van der Waals surface area contributed by atoms with E-state index in [1.54, 1.807) is 10.6 Å². The van der Waals surface area contributed by atoms with Crippen molar-refractivity contribution in [2.45, 2.75) is 32.6 Å². The van der Waals surface area contributed by atoms with Crippen LogP contribution < -0.4 is 4.90 Å². The van der Waals surface area contributed by atoms with E-state index in [-0.39, 0.29) is 5.69 Å². The van der Waals surface area contributed by atoms with Gasteiger partial charge in [-0.05, 0) is 19.3 Å². The highest BCUT2D eigenvalue weighted by Crippen LogP contribution is 2.21. The van der Waals surface area contributed by atoms with Gasteiger partial charge in [0.05, 0.1) is 0 Å². The Labute approximate surface area is 116 Å². The van der Waals surface area contributed by atoms with Crippen molar-refractivity contribution in [3.05, 3.63) is 17.6 Å². The molecule has 106 valence electrons. The summed E-state index contributed by atoms with van der Waals surface area (Å²) in [6.45, 7) is 3.80. The SMILES string of the molecule is CCc1nc2nc(C(=O)O)cc(N3CCCCC3)n2n1. The Kier molecular flexibility index (Phi) is 3.25. The van der Waals surface area contributed by atoms with E-state index in [4.69, 9.17) is 0 Å². The van der Waals surface area contributed by atoms with Crippen molar-refractivity contribution in [2.75, 3.05) is 18.0 Å². The quantitative estimate of drug-likeness (QED) is 0.911. The highest BCUT2D eigenvalue weighted by molar-refractivity contribution is 5.87. The predicted molar refractivity (Wildman–Crippen MR) is 73.2 cm³/mol. The lowest BCUT2D eigenvalue weighted by molar-refractivity contribution is 0.0690. The molecule has 0 aromatic carbocycles. The number of aromatic carboxylic acids is 1. The third kappa shape index (κ3) is 2.19. The molecule has 1 saturated heterocycles. The molecule has 7 heteroatoms. The van der Waals surface area contributed by atoms with E-state index in [0.29, 0.717) is 18.0 Å². The number of nitrogens with zero attached hydrogens (tertiary/aromatic N) is 5. The van der Waals surface area contributed by atoms with Crippen molar-refractivity contribution >= 4 is 17.6 Å². The highest BCUT2D eigenvalue weighted by Gasteiger charge is 2.19. The largest absolute Gasteiger partial charge is 0.477 e. The Morgan fingerprint density at radius 2 is 2.05 bits per heavy atom. The standard InChI is InChI=1S/C13H17N5O2/c1-2-10-15-13-14-9(12(19)20)8-11(18(13)16-10)17-6-4-3-5-7-17/h8H,2-7H2,1H3,(H,19,20). The van der Waals surface area contributed by atoms with Crippen LogP contribution in [0.3, 0.4) is 0 Å². The van der Waals surface area contributed by atoms with Gasteiger partial charge in [-0.2, -0.15) is 9.50 Å². The predicted octanol–water partition coefficient (Wildman–Crippen LogP) is 1.38. The number of rotatable bonds is 3. The van der Waals surface area contributed by atoms with Crippen molar-refractivity contribution in [2.24, 2.45) is 0 Å². The van der Waals surface area contributed by atoms with Crippen LogP contribution in [0, 0.1) is 0 Å². The van der Waals surface area contributed by atoms with Crippen molar-refractivity contribution < 1.29 is 9.90 Å². The molecule has 0 saturated carbocycles. The second-order valence-corrected chi connectivity index (χ2v) is 4.95. The maximum absolute atomic E-state index is 11.2. The van der Waals surface area contributed by atoms with Gasteiger partial charge in [-0.25, -0.2) is 9.78 Å². The monoisotopic (exact) mass is 275 g/mol. The molecule has 2 aromatic heterocycles. The van der Waals surface area contributed by atoms with Crippen molar-refractivity contribution in [3.63, 3.8) is 0 Å². The summed E-state index contributed by atoms with van der Waals surface area (Å²) in [7, 11) is 0. The molecule has 0 atom stereocenters. The second-order valence-electron chi connectivity index (χ2n) is 4.95. The summed E-state index contributed by atoms with van der Waals surface area (Å²) in [5.41, 5.74) is 0.0214. The van der Waals surface area contributed by atoms with Gasteiger partial charge in [0.1, 0.15) is 5.82 Å². The summed E-state index contributed by atoms with van der Waals surface area (Å²) in [6, 6.07) is 1.59. The van der Waals surface area contributed by atoms with Crippen LogP contribution in [0.15, 0.2) is 6.07 Å². The Balaban J connectivity index is 2.15. The minimum Gasteiger partial charge on any atom is -0.477 e. The first kappa shape index (κ1) is 12.8. The van der Waals surface area contributed by atoms with Gasteiger partial charge in [0, 0.05) is 25.6 Å². The lowest BCUT2D eigenvalue weighted by Crippen LogP contribution is -2.31. The van der Waals surface area contributed by atoms with Crippen LogP contribution in [0.2, 0.25) is 0 Å². The van der Waals surface area contributed by atoms with E-state index in [2.05, 4.69) is 20.0 Å². The fourth-order valence-electron chi connectivity index (χ4n) is 2.50. The average Bonchev–Trinajstić information content (AvgIpc) is 2.90. The number of carboxylic acids is 1. The maximum Gasteiger partial charge on any atom is 0.354 e. The number of aromatic nitrogens is 4. The van der Waals surface area contributed by atoms with E-state index in [9.17, 15) is 9.90 Å². The molecule has 20 heavy (non-hydrogen) atoms. The summed E-state index contributed by atoms with van der Waals surface area (Å²) in [6.07, 6.45) is 4.14. The van der Waals surface area contributed by atoms with E-state index in [0.717, 1.165) is 31.7 Å². The van der Waals surface area contributed by atoms with Crippen molar-refractivity contribution in [1.82, 2.24) is 19.6 Å². The number of anilines is 1. The van der Waals surface area contributed by atoms with E-state index >= 15 is 0 Å². The first-order valence-electron chi connectivity index (χ1n) is 6.94. The number of carboxylic acid groups (broad SMARTS) is 1. The summed E-state index contributed by atoms with van der Waals surface area (Å²) in [5.74, 6) is 0.784. The zero-order valence-corrected chi connectivity index (χ0v) is 11.4. The Morgan fingerprint density at radius 3 is 2.70 bits per heavy atom. The summed E-state index contributed by atoms with van der Waals surface area (Å²) >= 11 is 0. The van der Waals surface area contributed by atoms with Gasteiger partial charge in [-0.15, -0.1) is 5.10 Å². The van der Waals surface area contributed by atoms with Crippen LogP contribution in [0.25, 0.3) is 5.78 Å². The van der Waals surface area contributed by atoms with E-state index < -0.39 is 5.97 Å². The maximum atomic E-state index is 11.2. The number of hydrogen-bond acceptors (Lipinski definition) is 5. The number of piperidine rings is 1. The molecule has 0 aliphatic carbocycles. The summed E-state index contributed by atoms with van der Waals surface area (Å²) in [5, 5.41) is 13.6.